The van der Waals surface area contributed by atoms with Crippen LogP contribution in [0.5, 0.6) is 0 Å². The van der Waals surface area contributed by atoms with Crippen LogP contribution in [0.25, 0.3) is 0 Å². The molecule has 0 heterocycles. The van der Waals surface area contributed by atoms with Crippen molar-refractivity contribution in [3.05, 3.63) is 56.5 Å². The van der Waals surface area contributed by atoms with E-state index in [0.29, 0.717) is 20.1 Å². The van der Waals surface area contributed by atoms with Crippen molar-refractivity contribution < 1.29 is 9.15 Å². The molecule has 0 amide bonds. The number of rotatable bonds is 6. The van der Waals surface area contributed by atoms with Crippen LogP contribution >= 0.6 is 46.4 Å². The van der Waals surface area contributed by atoms with Gasteiger partial charge >= 0.3 is 0 Å². The van der Waals surface area contributed by atoms with Gasteiger partial charge in [0.05, 0.1) is 0 Å². The highest BCUT2D eigenvalue weighted by atomic mass is 35.5. The predicted molar refractivity (Wildman–Crippen MR) is 143 cm³/mol. The number of benzene rings is 2. The molecule has 2 rings (SSSR count). The first kappa shape index (κ1) is 29.9. The summed E-state index contributed by atoms with van der Waals surface area (Å²) >= 11 is 25.3. The van der Waals surface area contributed by atoms with E-state index in [4.69, 9.17) is 46.4 Å². The van der Waals surface area contributed by atoms with Gasteiger partial charge in [0, 0.05) is 26.7 Å². The molecule has 0 unspecified atom stereocenters. The molecule has 172 valence electrons. The van der Waals surface area contributed by atoms with E-state index in [2.05, 4.69) is 23.0 Å². The topological polar surface area (TPSA) is 6.02 Å². The van der Waals surface area contributed by atoms with Gasteiger partial charge in [-0.2, -0.15) is 0 Å². The third-order valence-electron chi connectivity index (χ3n) is 4.77. The zero-order valence-electron chi connectivity index (χ0n) is 20.0. The maximum Gasteiger partial charge on any atom is 0.242 e. The highest BCUT2D eigenvalue weighted by Gasteiger charge is 2.19. The van der Waals surface area contributed by atoms with Crippen molar-refractivity contribution in [2.45, 2.75) is 60.8 Å². The second-order valence-corrected chi connectivity index (χ2v) is 8.21. The van der Waals surface area contributed by atoms with Crippen LogP contribution in [-0.2, 0) is 0 Å². The summed E-state index contributed by atoms with van der Waals surface area (Å²) in [6.07, 6.45) is 2.86. The number of para-hydroxylation sites is 2. The van der Waals surface area contributed by atoms with Crippen LogP contribution in [0.4, 0.5) is 11.4 Å². The van der Waals surface area contributed by atoms with E-state index in [1.54, 1.807) is 0 Å². The lowest BCUT2D eigenvalue weighted by atomic mass is 10.1. The van der Waals surface area contributed by atoms with E-state index in [1.807, 2.05) is 78.2 Å². The third kappa shape index (κ3) is 8.77. The van der Waals surface area contributed by atoms with Gasteiger partial charge in [-0.3, -0.25) is 0 Å². The normalized spacial score (nSPS) is 12.0. The summed E-state index contributed by atoms with van der Waals surface area (Å²) in [6.45, 7) is 12.2. The molecule has 0 bridgehead atoms. The lowest BCUT2D eigenvalue weighted by molar-refractivity contribution is -0.407. The number of nitrogens with zero attached hydrogens (tertiary/aromatic N) is 2. The molecule has 0 saturated heterocycles. The molecule has 0 aliphatic carbocycles. The Kier molecular flexibility index (Phi) is 15.2. The second-order valence-electron chi connectivity index (χ2n) is 6.58. The fraction of sp³-hybridized carbons (Fsp3) is 0.440. The van der Waals surface area contributed by atoms with Crippen molar-refractivity contribution >= 4 is 69.2 Å². The Morgan fingerprint density at radius 3 is 1.13 bits per heavy atom. The minimum atomic E-state index is 0.653. The lowest BCUT2D eigenvalue weighted by Gasteiger charge is -2.07. The van der Waals surface area contributed by atoms with E-state index in [9.17, 15) is 0 Å². The molecule has 0 aromatic heterocycles. The monoisotopic (exact) mass is 504 g/mol. The first-order valence-corrected chi connectivity index (χ1v) is 12.3. The Bertz CT molecular complexity index is 788. The fourth-order valence-corrected chi connectivity index (χ4v) is 4.24. The van der Waals surface area contributed by atoms with E-state index in [0.717, 1.165) is 30.6 Å². The Morgan fingerprint density at radius 2 is 0.871 bits per heavy atom. The summed E-state index contributed by atoms with van der Waals surface area (Å²) in [5.41, 5.74) is 4.10. The van der Waals surface area contributed by atoms with Crippen LogP contribution in [0.15, 0.2) is 36.4 Å². The minimum Gasteiger partial charge on any atom is -0.200 e. The molecule has 2 aromatic carbocycles. The Balaban J connectivity index is 0.00000212. The van der Waals surface area contributed by atoms with Crippen LogP contribution in [-0.4, -0.2) is 34.7 Å². The molecule has 2 nitrogen and oxygen atoms in total. The Morgan fingerprint density at radius 1 is 0.613 bits per heavy atom. The fourth-order valence-electron chi connectivity index (χ4n) is 2.94. The molecule has 0 spiro atoms. The van der Waals surface area contributed by atoms with Crippen molar-refractivity contribution in [2.24, 2.45) is 0 Å². The van der Waals surface area contributed by atoms with Crippen molar-refractivity contribution in [3.63, 3.8) is 0 Å². The van der Waals surface area contributed by atoms with Gasteiger partial charge in [0.1, 0.15) is 34.2 Å². The molecule has 0 fully saturated rings. The van der Waals surface area contributed by atoms with Crippen LogP contribution in [0, 0.1) is 0 Å². The summed E-state index contributed by atoms with van der Waals surface area (Å²) in [6, 6.07) is 11.1. The standard InChI is InChI=1S/C21H24Cl4N2.2C2H6/c1-14(26(3)20-16(22)10-6-11-17(20)23)8-5-9-15(2)27(4)21-18(24)12-7-13-19(21)25;2*1-2/h6-7,10-13H,5,8-9H2,1-4H3;2*1-2H3/q+2;;. The van der Waals surface area contributed by atoms with Crippen LogP contribution in [0.3, 0.4) is 0 Å². The SMILES string of the molecule is CC.CC.CC(CCCC(C)=[N+](C)c1c(Cl)cccc1Cl)=[N+](C)c1c(Cl)cccc1Cl. The summed E-state index contributed by atoms with van der Waals surface area (Å²) in [5, 5.41) is 2.61. The van der Waals surface area contributed by atoms with E-state index < -0.39 is 0 Å². The van der Waals surface area contributed by atoms with Crippen molar-refractivity contribution in [1.82, 2.24) is 0 Å². The van der Waals surface area contributed by atoms with Crippen molar-refractivity contribution in [2.75, 3.05) is 14.1 Å². The summed E-state index contributed by atoms with van der Waals surface area (Å²) in [4.78, 5) is 0. The molecule has 0 saturated carbocycles. The van der Waals surface area contributed by atoms with Crippen molar-refractivity contribution in [1.29, 1.82) is 0 Å². The van der Waals surface area contributed by atoms with E-state index in [-0.39, 0.29) is 0 Å². The van der Waals surface area contributed by atoms with Gasteiger partial charge in [0.25, 0.3) is 0 Å². The van der Waals surface area contributed by atoms with Crippen LogP contribution < -0.4 is 0 Å². The molecule has 2 aromatic rings. The average molecular weight is 506 g/mol. The average Bonchev–Trinajstić information content (AvgIpc) is 2.76. The molecule has 0 aliphatic heterocycles. The second kappa shape index (κ2) is 15.7. The number of hydrogen-bond donors (Lipinski definition) is 0. The maximum absolute atomic E-state index is 6.32. The van der Waals surface area contributed by atoms with E-state index in [1.165, 1.54) is 11.4 Å². The Hall–Kier alpha value is -1.06. The molecular weight excluding hydrogens is 470 g/mol. The summed E-state index contributed by atoms with van der Waals surface area (Å²) in [5.74, 6) is 0. The molecule has 6 heteroatoms. The maximum atomic E-state index is 6.32. The molecule has 0 N–H and O–H groups in total. The summed E-state index contributed by atoms with van der Waals surface area (Å²) < 4.78 is 4.13. The molecular formula is C25H36Cl4N2+2. The highest BCUT2D eigenvalue weighted by molar-refractivity contribution is 6.38. The number of hydrogen-bond acceptors (Lipinski definition) is 0. The molecule has 31 heavy (non-hydrogen) atoms. The zero-order chi connectivity index (χ0) is 24.1. The third-order valence-corrected chi connectivity index (χ3v) is 5.99. The largest absolute Gasteiger partial charge is 0.242 e. The van der Waals surface area contributed by atoms with Gasteiger partial charge in [-0.15, -0.1) is 0 Å². The van der Waals surface area contributed by atoms with Gasteiger partial charge in [0.15, 0.2) is 11.4 Å². The smallest absolute Gasteiger partial charge is 0.200 e. The number of halogens is 4. The first-order valence-electron chi connectivity index (χ1n) is 10.7. The van der Waals surface area contributed by atoms with Gasteiger partial charge in [-0.05, 0) is 30.7 Å². The molecule has 0 radical (unpaired) electrons. The Labute approximate surface area is 209 Å². The van der Waals surface area contributed by atoms with Gasteiger partial charge in [0.2, 0.25) is 11.4 Å². The van der Waals surface area contributed by atoms with Crippen molar-refractivity contribution in [3.8, 4) is 0 Å². The quantitative estimate of drug-likeness (QED) is 0.272. The molecule has 0 aliphatic rings. The highest BCUT2D eigenvalue weighted by Crippen LogP contribution is 2.33. The van der Waals surface area contributed by atoms with Crippen LogP contribution in [0.2, 0.25) is 20.1 Å². The summed E-state index contributed by atoms with van der Waals surface area (Å²) in [7, 11) is 3.99. The first-order chi connectivity index (χ1) is 14.7. The van der Waals surface area contributed by atoms with Gasteiger partial charge in [-0.1, -0.05) is 86.2 Å². The predicted octanol–water partition coefficient (Wildman–Crippen LogP) is 9.69. The zero-order valence-corrected chi connectivity index (χ0v) is 23.0. The molecule has 0 atom stereocenters. The minimum absolute atomic E-state index is 0.653. The van der Waals surface area contributed by atoms with E-state index >= 15 is 0 Å². The van der Waals surface area contributed by atoms with Gasteiger partial charge in [-0.25, -0.2) is 9.15 Å². The van der Waals surface area contributed by atoms with Gasteiger partial charge < -0.3 is 0 Å². The van der Waals surface area contributed by atoms with Crippen LogP contribution in [0.1, 0.15) is 60.8 Å². The lowest BCUT2D eigenvalue weighted by Crippen LogP contribution is -2.13.